The molecule has 5 heteroatoms. The Labute approximate surface area is 105 Å². The average molecular weight is 242 g/mol. The van der Waals surface area contributed by atoms with E-state index >= 15 is 0 Å². The molecule has 3 rings (SSSR count). The van der Waals surface area contributed by atoms with E-state index in [-0.39, 0.29) is 11.9 Å². The number of carbonyl (C=O) groups is 1. The summed E-state index contributed by atoms with van der Waals surface area (Å²) in [4.78, 5) is 13.4. The lowest BCUT2D eigenvalue weighted by Crippen LogP contribution is -2.28. The lowest BCUT2D eigenvalue weighted by atomic mass is 10.1. The van der Waals surface area contributed by atoms with Crippen LogP contribution in [0.5, 0.6) is 0 Å². The molecule has 1 aliphatic rings. The number of hydrogen-bond donors (Lipinski definition) is 2. The predicted octanol–water partition coefficient (Wildman–Crippen LogP) is 1.14. The number of aromatic amines is 1. The summed E-state index contributed by atoms with van der Waals surface area (Å²) in [6, 6.07) is 11.7. The van der Waals surface area contributed by atoms with Crippen molar-refractivity contribution in [3.63, 3.8) is 0 Å². The molecule has 1 amide bonds. The molecule has 1 aliphatic heterocycles. The van der Waals surface area contributed by atoms with Crippen LogP contribution in [0.15, 0.2) is 36.4 Å². The number of rotatable bonds is 2. The van der Waals surface area contributed by atoms with E-state index in [0.29, 0.717) is 18.8 Å². The van der Waals surface area contributed by atoms with Gasteiger partial charge in [0.1, 0.15) is 0 Å². The highest BCUT2D eigenvalue weighted by molar-refractivity contribution is 5.95. The van der Waals surface area contributed by atoms with E-state index in [1.165, 1.54) is 0 Å². The molecule has 2 aromatic rings. The van der Waals surface area contributed by atoms with Crippen molar-refractivity contribution >= 4 is 11.7 Å². The van der Waals surface area contributed by atoms with E-state index in [9.17, 15) is 4.79 Å². The Bertz CT molecular complexity index is 563. The van der Waals surface area contributed by atoms with Gasteiger partial charge < -0.3 is 5.73 Å². The molecule has 1 fully saturated rings. The number of nitrogens with one attached hydrogen (secondary N) is 1. The van der Waals surface area contributed by atoms with Gasteiger partial charge in [-0.15, -0.1) is 0 Å². The highest BCUT2D eigenvalue weighted by atomic mass is 16.2. The van der Waals surface area contributed by atoms with Crippen LogP contribution < -0.4 is 10.6 Å². The minimum Gasteiger partial charge on any atom is -0.326 e. The van der Waals surface area contributed by atoms with Crippen LogP contribution in [0.25, 0.3) is 11.3 Å². The van der Waals surface area contributed by atoms with E-state index in [2.05, 4.69) is 10.2 Å². The van der Waals surface area contributed by atoms with E-state index < -0.39 is 0 Å². The molecule has 3 N–H and O–H groups in total. The number of anilines is 1. The van der Waals surface area contributed by atoms with Crippen LogP contribution in [0, 0.1) is 0 Å². The molecule has 2 heterocycles. The Morgan fingerprint density at radius 2 is 2.11 bits per heavy atom. The summed E-state index contributed by atoms with van der Waals surface area (Å²) in [6.45, 7) is 0.540. The third-order valence-corrected chi connectivity index (χ3v) is 3.08. The van der Waals surface area contributed by atoms with Crippen LogP contribution >= 0.6 is 0 Å². The van der Waals surface area contributed by atoms with Gasteiger partial charge in [-0.2, -0.15) is 5.10 Å². The zero-order chi connectivity index (χ0) is 12.5. The van der Waals surface area contributed by atoms with E-state index in [1.807, 2.05) is 36.4 Å². The highest BCUT2D eigenvalue weighted by Gasteiger charge is 2.29. The number of amides is 1. The van der Waals surface area contributed by atoms with Crippen molar-refractivity contribution in [1.29, 1.82) is 0 Å². The van der Waals surface area contributed by atoms with Crippen LogP contribution in [-0.4, -0.2) is 28.7 Å². The number of H-pyrrole nitrogens is 1. The number of nitrogens with zero attached hydrogens (tertiary/aromatic N) is 2. The zero-order valence-corrected chi connectivity index (χ0v) is 9.84. The van der Waals surface area contributed by atoms with Crippen molar-refractivity contribution in [2.75, 3.05) is 11.4 Å². The average Bonchev–Trinajstić information content (AvgIpc) is 2.97. The maximum atomic E-state index is 11.7. The molecule has 92 valence electrons. The van der Waals surface area contributed by atoms with Crippen LogP contribution in [-0.2, 0) is 4.79 Å². The molecule has 0 aliphatic carbocycles. The standard InChI is InChI=1S/C13H14N4O/c14-10-6-13(18)17(8-10)12-7-11(15-16-12)9-4-2-1-3-5-9/h1-5,7,10H,6,8,14H2,(H,15,16). The first kappa shape index (κ1) is 11.0. The second kappa shape index (κ2) is 4.27. The second-order valence-corrected chi connectivity index (χ2v) is 4.47. The lowest BCUT2D eigenvalue weighted by molar-refractivity contribution is -0.117. The quantitative estimate of drug-likeness (QED) is 0.829. The molecule has 1 saturated heterocycles. The molecule has 18 heavy (non-hydrogen) atoms. The smallest absolute Gasteiger partial charge is 0.229 e. The second-order valence-electron chi connectivity index (χ2n) is 4.47. The van der Waals surface area contributed by atoms with Gasteiger partial charge in [-0.05, 0) is 5.56 Å². The van der Waals surface area contributed by atoms with Gasteiger partial charge in [0, 0.05) is 25.1 Å². The van der Waals surface area contributed by atoms with Crippen LogP contribution in [0.3, 0.4) is 0 Å². The van der Waals surface area contributed by atoms with Crippen molar-refractivity contribution in [3.05, 3.63) is 36.4 Å². The van der Waals surface area contributed by atoms with Crippen molar-refractivity contribution < 1.29 is 4.79 Å². The summed E-state index contributed by atoms with van der Waals surface area (Å²) in [6.07, 6.45) is 0.396. The van der Waals surface area contributed by atoms with E-state index in [0.717, 1.165) is 11.3 Å². The minimum atomic E-state index is -0.0885. The van der Waals surface area contributed by atoms with Crippen LogP contribution in [0.2, 0.25) is 0 Å². The van der Waals surface area contributed by atoms with Gasteiger partial charge in [0.15, 0.2) is 5.82 Å². The van der Waals surface area contributed by atoms with Gasteiger partial charge in [0.2, 0.25) is 5.91 Å². The molecular weight excluding hydrogens is 228 g/mol. The molecule has 1 atom stereocenters. The number of hydrogen-bond acceptors (Lipinski definition) is 3. The largest absolute Gasteiger partial charge is 0.326 e. The first-order valence-electron chi connectivity index (χ1n) is 5.91. The predicted molar refractivity (Wildman–Crippen MR) is 69.0 cm³/mol. The molecule has 1 unspecified atom stereocenters. The Morgan fingerprint density at radius 1 is 1.33 bits per heavy atom. The van der Waals surface area contributed by atoms with Crippen molar-refractivity contribution in [2.45, 2.75) is 12.5 Å². The summed E-state index contributed by atoms with van der Waals surface area (Å²) in [5.74, 6) is 0.681. The molecule has 5 nitrogen and oxygen atoms in total. The number of benzene rings is 1. The van der Waals surface area contributed by atoms with E-state index in [4.69, 9.17) is 5.73 Å². The van der Waals surface area contributed by atoms with E-state index in [1.54, 1.807) is 4.90 Å². The fourth-order valence-electron chi connectivity index (χ4n) is 2.17. The number of nitrogens with two attached hydrogens (primary N) is 1. The molecule has 0 saturated carbocycles. The molecule has 0 radical (unpaired) electrons. The van der Waals surface area contributed by atoms with Gasteiger partial charge in [-0.25, -0.2) is 0 Å². The van der Waals surface area contributed by atoms with Crippen molar-refractivity contribution in [1.82, 2.24) is 10.2 Å². The third kappa shape index (κ3) is 1.89. The van der Waals surface area contributed by atoms with Crippen LogP contribution in [0.4, 0.5) is 5.82 Å². The summed E-state index contributed by atoms with van der Waals surface area (Å²) >= 11 is 0. The molecule has 1 aromatic carbocycles. The molecule has 0 spiro atoms. The third-order valence-electron chi connectivity index (χ3n) is 3.08. The fourth-order valence-corrected chi connectivity index (χ4v) is 2.17. The SMILES string of the molecule is NC1CC(=O)N(c2cc(-c3ccccc3)[nH]n2)C1. The van der Waals surface area contributed by atoms with Gasteiger partial charge >= 0.3 is 0 Å². The van der Waals surface area contributed by atoms with Gasteiger partial charge in [-0.1, -0.05) is 30.3 Å². The molecule has 1 aromatic heterocycles. The Hall–Kier alpha value is -2.14. The van der Waals surface area contributed by atoms with Crippen LogP contribution in [0.1, 0.15) is 6.42 Å². The van der Waals surface area contributed by atoms with Gasteiger partial charge in [0.05, 0.1) is 5.69 Å². The maximum Gasteiger partial charge on any atom is 0.229 e. The topological polar surface area (TPSA) is 75.0 Å². The van der Waals surface area contributed by atoms with Crippen molar-refractivity contribution in [2.24, 2.45) is 5.73 Å². The van der Waals surface area contributed by atoms with Gasteiger partial charge in [-0.3, -0.25) is 14.8 Å². The first-order valence-corrected chi connectivity index (χ1v) is 5.91. The van der Waals surface area contributed by atoms with Crippen molar-refractivity contribution in [3.8, 4) is 11.3 Å². The summed E-state index contributed by atoms with van der Waals surface area (Å²) in [7, 11) is 0. The highest BCUT2D eigenvalue weighted by Crippen LogP contribution is 2.24. The van der Waals surface area contributed by atoms with Gasteiger partial charge in [0.25, 0.3) is 0 Å². The summed E-state index contributed by atoms with van der Waals surface area (Å²) in [5, 5.41) is 7.13. The number of carbonyl (C=O) groups excluding carboxylic acids is 1. The maximum absolute atomic E-state index is 11.7. The summed E-state index contributed by atoms with van der Waals surface area (Å²) in [5.41, 5.74) is 7.72. The number of aromatic nitrogens is 2. The monoisotopic (exact) mass is 242 g/mol. The fraction of sp³-hybridized carbons (Fsp3) is 0.231. The summed E-state index contributed by atoms with van der Waals surface area (Å²) < 4.78 is 0. The lowest BCUT2D eigenvalue weighted by Gasteiger charge is -2.11. The Balaban J connectivity index is 1.88. The molecule has 0 bridgehead atoms. The molecular formula is C13H14N4O. The first-order chi connectivity index (χ1) is 8.74. The Morgan fingerprint density at radius 3 is 2.78 bits per heavy atom. The normalized spacial score (nSPS) is 19.5. The minimum absolute atomic E-state index is 0.0358. The Kier molecular flexibility index (Phi) is 2.60. The zero-order valence-electron chi connectivity index (χ0n) is 9.84.